The number of hydrogen-bond donors (Lipinski definition) is 0. The van der Waals surface area contributed by atoms with Crippen molar-refractivity contribution in [2.24, 2.45) is 0 Å². The predicted molar refractivity (Wildman–Crippen MR) is 70.2 cm³/mol. The molecule has 0 aliphatic carbocycles. The van der Waals surface area contributed by atoms with E-state index in [1.54, 1.807) is 0 Å². The van der Waals surface area contributed by atoms with Crippen molar-refractivity contribution >= 4 is 6.16 Å². The molecular weight excluding hydrogens is 216 g/mol. The Labute approximate surface area is 106 Å². The largest absolute Gasteiger partial charge is 0.508 e. The van der Waals surface area contributed by atoms with Gasteiger partial charge in [-0.15, -0.1) is 0 Å². The fraction of sp³-hybridized carbons (Fsp3) is 0.929. The van der Waals surface area contributed by atoms with Gasteiger partial charge in [-0.05, 0) is 27.2 Å². The van der Waals surface area contributed by atoms with Crippen LogP contribution in [0.3, 0.4) is 0 Å². The van der Waals surface area contributed by atoms with E-state index in [0.29, 0.717) is 6.61 Å². The summed E-state index contributed by atoms with van der Waals surface area (Å²) in [5.74, 6) is 0. The first-order valence-corrected chi connectivity index (χ1v) is 6.81. The molecule has 17 heavy (non-hydrogen) atoms. The molecule has 0 amide bonds. The van der Waals surface area contributed by atoms with E-state index < -0.39 is 11.8 Å². The van der Waals surface area contributed by atoms with Crippen LogP contribution in [0.4, 0.5) is 4.79 Å². The maximum Gasteiger partial charge on any atom is 0.508 e. The van der Waals surface area contributed by atoms with Crippen LogP contribution in [0.2, 0.25) is 0 Å². The maximum absolute atomic E-state index is 11.2. The summed E-state index contributed by atoms with van der Waals surface area (Å²) < 4.78 is 10.0. The number of rotatable bonds is 8. The molecule has 3 nitrogen and oxygen atoms in total. The van der Waals surface area contributed by atoms with Gasteiger partial charge < -0.3 is 9.47 Å². The third kappa shape index (κ3) is 13.2. The van der Waals surface area contributed by atoms with E-state index in [9.17, 15) is 4.79 Å². The van der Waals surface area contributed by atoms with Crippen molar-refractivity contribution in [3.05, 3.63) is 0 Å². The molecule has 0 aromatic heterocycles. The molecule has 0 saturated carbocycles. The van der Waals surface area contributed by atoms with Gasteiger partial charge in [-0.2, -0.15) is 0 Å². The first-order valence-electron chi connectivity index (χ1n) is 6.81. The van der Waals surface area contributed by atoms with Crippen LogP contribution >= 0.6 is 0 Å². The van der Waals surface area contributed by atoms with Crippen molar-refractivity contribution in [1.82, 2.24) is 0 Å². The Balaban J connectivity index is 3.25. The summed E-state index contributed by atoms with van der Waals surface area (Å²) in [6.07, 6.45) is 7.97. The second-order valence-corrected chi connectivity index (χ2v) is 5.43. The molecule has 0 heterocycles. The van der Waals surface area contributed by atoms with Crippen molar-refractivity contribution in [2.45, 2.75) is 78.2 Å². The summed E-state index contributed by atoms with van der Waals surface area (Å²) in [7, 11) is 0. The highest BCUT2D eigenvalue weighted by Gasteiger charge is 2.16. The Morgan fingerprint density at radius 2 is 1.47 bits per heavy atom. The Hall–Kier alpha value is -0.730. The van der Waals surface area contributed by atoms with Gasteiger partial charge >= 0.3 is 6.16 Å². The molecule has 0 N–H and O–H groups in total. The van der Waals surface area contributed by atoms with Crippen LogP contribution in [0.25, 0.3) is 0 Å². The molecule has 0 rings (SSSR count). The fourth-order valence-electron chi connectivity index (χ4n) is 1.49. The lowest BCUT2D eigenvalue weighted by Crippen LogP contribution is -2.24. The lowest BCUT2D eigenvalue weighted by atomic mass is 10.1. The monoisotopic (exact) mass is 244 g/mol. The highest BCUT2D eigenvalue weighted by Crippen LogP contribution is 2.09. The first-order chi connectivity index (χ1) is 7.95. The van der Waals surface area contributed by atoms with Crippen molar-refractivity contribution in [1.29, 1.82) is 0 Å². The van der Waals surface area contributed by atoms with E-state index >= 15 is 0 Å². The summed E-state index contributed by atoms with van der Waals surface area (Å²) in [5, 5.41) is 0. The van der Waals surface area contributed by atoms with Crippen molar-refractivity contribution in [3.8, 4) is 0 Å². The van der Waals surface area contributed by atoms with E-state index in [2.05, 4.69) is 6.92 Å². The summed E-state index contributed by atoms with van der Waals surface area (Å²) >= 11 is 0. The lowest BCUT2D eigenvalue weighted by Gasteiger charge is -2.18. The SMILES string of the molecule is CCCCCCCCCOC(=O)OC(C)(C)C. The number of carbonyl (C=O) groups is 1. The Kier molecular flexibility index (Phi) is 8.92. The smallest absolute Gasteiger partial charge is 0.434 e. The van der Waals surface area contributed by atoms with Gasteiger partial charge in [-0.25, -0.2) is 4.79 Å². The minimum absolute atomic E-state index is 0.461. The molecule has 0 saturated heterocycles. The van der Waals surface area contributed by atoms with Gasteiger partial charge in [-0.3, -0.25) is 0 Å². The molecule has 0 aromatic rings. The summed E-state index contributed by atoms with van der Waals surface area (Å²) in [6.45, 7) is 8.20. The van der Waals surface area contributed by atoms with Gasteiger partial charge in [0.25, 0.3) is 0 Å². The van der Waals surface area contributed by atoms with E-state index in [1.165, 1.54) is 32.1 Å². The van der Waals surface area contributed by atoms with Gasteiger partial charge in [0.05, 0.1) is 6.61 Å². The molecule has 0 aliphatic rings. The first kappa shape index (κ1) is 16.3. The average Bonchev–Trinajstić information content (AvgIpc) is 2.19. The van der Waals surface area contributed by atoms with Crippen LogP contribution in [-0.4, -0.2) is 18.4 Å². The van der Waals surface area contributed by atoms with Crippen molar-refractivity contribution in [3.63, 3.8) is 0 Å². The minimum atomic E-state index is -0.552. The topological polar surface area (TPSA) is 35.5 Å². The molecule has 0 atom stereocenters. The number of hydrogen-bond acceptors (Lipinski definition) is 3. The third-order valence-electron chi connectivity index (χ3n) is 2.36. The van der Waals surface area contributed by atoms with Crippen LogP contribution < -0.4 is 0 Å². The average molecular weight is 244 g/mol. The van der Waals surface area contributed by atoms with E-state index in [-0.39, 0.29) is 0 Å². The Morgan fingerprint density at radius 3 is 2.00 bits per heavy atom. The predicted octanol–water partition coefficient (Wildman–Crippen LogP) is 4.69. The quantitative estimate of drug-likeness (QED) is 0.459. The molecule has 0 aromatic carbocycles. The maximum atomic E-state index is 11.2. The van der Waals surface area contributed by atoms with Gasteiger partial charge in [0, 0.05) is 0 Å². The molecule has 0 unspecified atom stereocenters. The number of ether oxygens (including phenoxy) is 2. The van der Waals surface area contributed by atoms with Crippen molar-refractivity contribution in [2.75, 3.05) is 6.61 Å². The lowest BCUT2D eigenvalue weighted by molar-refractivity contribution is -0.00770. The van der Waals surface area contributed by atoms with E-state index in [1.807, 2.05) is 20.8 Å². The second kappa shape index (κ2) is 9.32. The van der Waals surface area contributed by atoms with Crippen LogP contribution in [-0.2, 0) is 9.47 Å². The van der Waals surface area contributed by atoms with Gasteiger partial charge in [-0.1, -0.05) is 45.4 Å². The van der Waals surface area contributed by atoms with Gasteiger partial charge in [0.15, 0.2) is 0 Å². The van der Waals surface area contributed by atoms with Crippen molar-refractivity contribution < 1.29 is 14.3 Å². The molecule has 3 heteroatoms. The molecule has 102 valence electrons. The second-order valence-electron chi connectivity index (χ2n) is 5.43. The van der Waals surface area contributed by atoms with Gasteiger partial charge in [0.1, 0.15) is 5.60 Å². The summed E-state index contributed by atoms with van der Waals surface area (Å²) in [4.78, 5) is 11.2. The molecule has 0 radical (unpaired) electrons. The molecule has 0 aliphatic heterocycles. The Morgan fingerprint density at radius 1 is 0.941 bits per heavy atom. The number of unbranched alkanes of at least 4 members (excludes halogenated alkanes) is 6. The highest BCUT2D eigenvalue weighted by molar-refractivity contribution is 5.60. The molecule has 0 fully saturated rings. The molecular formula is C14H28O3. The number of carbonyl (C=O) groups excluding carboxylic acids is 1. The van der Waals surface area contributed by atoms with Gasteiger partial charge in [0.2, 0.25) is 0 Å². The van der Waals surface area contributed by atoms with Crippen LogP contribution in [0.5, 0.6) is 0 Å². The third-order valence-corrected chi connectivity index (χ3v) is 2.36. The van der Waals surface area contributed by atoms with Crippen LogP contribution in [0, 0.1) is 0 Å². The fourth-order valence-corrected chi connectivity index (χ4v) is 1.49. The zero-order valence-corrected chi connectivity index (χ0v) is 11.9. The normalized spacial score (nSPS) is 11.3. The van der Waals surface area contributed by atoms with E-state index in [4.69, 9.17) is 9.47 Å². The molecule has 0 spiro atoms. The summed E-state index contributed by atoms with van der Waals surface area (Å²) in [6, 6.07) is 0. The standard InChI is InChI=1S/C14H28O3/c1-5-6-7-8-9-10-11-12-16-13(15)17-14(2,3)4/h5-12H2,1-4H3. The van der Waals surface area contributed by atoms with Crippen LogP contribution in [0.15, 0.2) is 0 Å². The van der Waals surface area contributed by atoms with Crippen LogP contribution in [0.1, 0.15) is 72.6 Å². The Bertz CT molecular complexity index is 194. The minimum Gasteiger partial charge on any atom is -0.434 e. The zero-order valence-electron chi connectivity index (χ0n) is 11.9. The summed E-state index contributed by atoms with van der Waals surface area (Å²) in [5.41, 5.74) is -0.461. The van der Waals surface area contributed by atoms with E-state index in [0.717, 1.165) is 12.8 Å². The zero-order chi connectivity index (χ0) is 13.1. The molecule has 0 bridgehead atoms. The highest BCUT2D eigenvalue weighted by atomic mass is 16.7.